The van der Waals surface area contributed by atoms with Gasteiger partial charge in [0.2, 0.25) is 0 Å². The third-order valence-electron chi connectivity index (χ3n) is 1.53. The predicted octanol–water partition coefficient (Wildman–Crippen LogP) is 2.33. The van der Waals surface area contributed by atoms with Crippen LogP contribution in [0.25, 0.3) is 0 Å². The van der Waals surface area contributed by atoms with E-state index in [1.165, 1.54) is 11.3 Å². The van der Waals surface area contributed by atoms with Crippen LogP contribution in [0.4, 0.5) is 0 Å². The molecule has 0 fully saturated rings. The summed E-state index contributed by atoms with van der Waals surface area (Å²) in [6.45, 7) is 6.16. The van der Waals surface area contributed by atoms with Gasteiger partial charge >= 0.3 is 5.97 Å². The Balaban J connectivity index is 2.70. The largest absolute Gasteiger partial charge is 0.461 e. The summed E-state index contributed by atoms with van der Waals surface area (Å²) in [5, 5.41) is 0.904. The summed E-state index contributed by atoms with van der Waals surface area (Å²) in [6, 6.07) is 0. The third kappa shape index (κ3) is 2.52. The molecule has 1 aromatic heterocycles. The van der Waals surface area contributed by atoms with Crippen LogP contribution in [0.5, 0.6) is 0 Å². The van der Waals surface area contributed by atoms with Crippen molar-refractivity contribution in [2.45, 2.75) is 27.2 Å². The first-order valence-corrected chi connectivity index (χ1v) is 5.08. The molecule has 72 valence electrons. The summed E-state index contributed by atoms with van der Waals surface area (Å²) >= 11 is 1.39. The Morgan fingerprint density at radius 1 is 1.54 bits per heavy atom. The molecule has 0 atom stereocenters. The molecule has 0 saturated heterocycles. The van der Waals surface area contributed by atoms with Gasteiger partial charge in [-0.1, -0.05) is 6.92 Å². The number of esters is 1. The Hall–Kier alpha value is -0.900. The third-order valence-corrected chi connectivity index (χ3v) is 2.58. The van der Waals surface area contributed by atoms with Crippen molar-refractivity contribution >= 4 is 17.3 Å². The van der Waals surface area contributed by atoms with Crippen LogP contribution in [0.2, 0.25) is 0 Å². The summed E-state index contributed by atoms with van der Waals surface area (Å²) < 4.78 is 5.00. The van der Waals surface area contributed by atoms with Gasteiger partial charge in [0, 0.05) is 0 Å². The monoisotopic (exact) mass is 199 g/mol. The smallest absolute Gasteiger partial charge is 0.350 e. The van der Waals surface area contributed by atoms with Crippen molar-refractivity contribution in [2.24, 2.45) is 0 Å². The quantitative estimate of drug-likeness (QED) is 0.701. The van der Waals surface area contributed by atoms with Crippen LogP contribution < -0.4 is 0 Å². The van der Waals surface area contributed by atoms with Crippen molar-refractivity contribution in [3.05, 3.63) is 15.6 Å². The minimum absolute atomic E-state index is 0.245. The molecule has 0 bridgehead atoms. The van der Waals surface area contributed by atoms with E-state index in [2.05, 4.69) is 4.98 Å². The van der Waals surface area contributed by atoms with E-state index in [0.717, 1.165) is 17.1 Å². The van der Waals surface area contributed by atoms with Crippen molar-refractivity contribution in [3.8, 4) is 0 Å². The van der Waals surface area contributed by atoms with Crippen molar-refractivity contribution in [3.63, 3.8) is 0 Å². The fourth-order valence-corrected chi connectivity index (χ4v) is 1.79. The SMILES string of the molecule is CCCOC(=O)c1sc(C)nc1C. The fraction of sp³-hybridized carbons (Fsp3) is 0.556. The van der Waals surface area contributed by atoms with Gasteiger partial charge in [0.25, 0.3) is 0 Å². The summed E-state index contributed by atoms with van der Waals surface area (Å²) in [7, 11) is 0. The van der Waals surface area contributed by atoms with Crippen molar-refractivity contribution in [2.75, 3.05) is 6.61 Å². The Morgan fingerprint density at radius 3 is 2.69 bits per heavy atom. The molecule has 0 radical (unpaired) electrons. The molecule has 0 aliphatic heterocycles. The van der Waals surface area contributed by atoms with Gasteiger partial charge in [-0.3, -0.25) is 0 Å². The first-order valence-electron chi connectivity index (χ1n) is 4.26. The van der Waals surface area contributed by atoms with Crippen molar-refractivity contribution in [1.29, 1.82) is 0 Å². The van der Waals surface area contributed by atoms with Crippen molar-refractivity contribution in [1.82, 2.24) is 4.98 Å². The number of thiazole rings is 1. The van der Waals surface area contributed by atoms with Gasteiger partial charge < -0.3 is 4.74 Å². The van der Waals surface area contributed by atoms with Crippen LogP contribution >= 0.6 is 11.3 Å². The molecule has 0 aromatic carbocycles. The van der Waals surface area contributed by atoms with E-state index < -0.39 is 0 Å². The van der Waals surface area contributed by atoms with Gasteiger partial charge in [-0.05, 0) is 20.3 Å². The molecule has 4 heteroatoms. The van der Waals surface area contributed by atoms with E-state index in [4.69, 9.17) is 4.74 Å². The highest BCUT2D eigenvalue weighted by Gasteiger charge is 2.14. The van der Waals surface area contributed by atoms with E-state index in [9.17, 15) is 4.79 Å². The van der Waals surface area contributed by atoms with Crippen LogP contribution in [0.1, 0.15) is 33.7 Å². The molecule has 0 aliphatic rings. The average molecular weight is 199 g/mol. The van der Waals surface area contributed by atoms with Crippen LogP contribution in [-0.4, -0.2) is 17.6 Å². The molecule has 3 nitrogen and oxygen atoms in total. The zero-order valence-electron chi connectivity index (χ0n) is 8.09. The highest BCUT2D eigenvalue weighted by atomic mass is 32.1. The number of hydrogen-bond donors (Lipinski definition) is 0. The Bertz CT molecular complexity index is 307. The number of aromatic nitrogens is 1. The van der Waals surface area contributed by atoms with Crippen LogP contribution in [0.3, 0.4) is 0 Å². The van der Waals surface area contributed by atoms with Crippen molar-refractivity contribution < 1.29 is 9.53 Å². The Labute approximate surface area is 81.8 Å². The van der Waals surface area contributed by atoms with E-state index in [1.807, 2.05) is 20.8 Å². The molecule has 0 N–H and O–H groups in total. The van der Waals surface area contributed by atoms with E-state index in [1.54, 1.807) is 0 Å². The molecule has 1 aromatic rings. The standard InChI is InChI=1S/C9H13NO2S/c1-4-5-12-9(11)8-6(2)10-7(3)13-8/h4-5H2,1-3H3. The van der Waals surface area contributed by atoms with E-state index in [-0.39, 0.29) is 5.97 Å². The molecular formula is C9H13NO2S. The maximum Gasteiger partial charge on any atom is 0.350 e. The number of nitrogens with zero attached hydrogens (tertiary/aromatic N) is 1. The molecule has 0 saturated carbocycles. The van der Waals surface area contributed by atoms with Gasteiger partial charge in [0.15, 0.2) is 0 Å². The van der Waals surface area contributed by atoms with E-state index in [0.29, 0.717) is 11.5 Å². The predicted molar refractivity (Wildman–Crippen MR) is 52.2 cm³/mol. The maximum absolute atomic E-state index is 11.4. The van der Waals surface area contributed by atoms with Crippen LogP contribution in [-0.2, 0) is 4.74 Å². The number of carbonyl (C=O) groups excluding carboxylic acids is 1. The molecule has 0 spiro atoms. The zero-order valence-corrected chi connectivity index (χ0v) is 8.90. The number of aryl methyl sites for hydroxylation is 2. The van der Waals surface area contributed by atoms with Crippen LogP contribution in [0.15, 0.2) is 0 Å². The highest BCUT2D eigenvalue weighted by molar-refractivity contribution is 7.13. The topological polar surface area (TPSA) is 39.2 Å². The molecular weight excluding hydrogens is 186 g/mol. The molecule has 13 heavy (non-hydrogen) atoms. The molecule has 1 heterocycles. The molecule has 0 amide bonds. The van der Waals surface area contributed by atoms with Gasteiger partial charge in [-0.25, -0.2) is 9.78 Å². The van der Waals surface area contributed by atoms with Gasteiger partial charge in [-0.15, -0.1) is 11.3 Å². The second kappa shape index (κ2) is 4.37. The second-order valence-electron chi connectivity index (χ2n) is 2.78. The lowest BCUT2D eigenvalue weighted by molar-refractivity contribution is 0.0510. The minimum Gasteiger partial charge on any atom is -0.461 e. The summed E-state index contributed by atoms with van der Waals surface area (Å²) in [6.07, 6.45) is 0.850. The van der Waals surface area contributed by atoms with Gasteiger partial charge in [0.05, 0.1) is 17.3 Å². The fourth-order valence-electron chi connectivity index (χ4n) is 0.981. The zero-order chi connectivity index (χ0) is 9.84. The van der Waals surface area contributed by atoms with Gasteiger partial charge in [0.1, 0.15) is 4.88 Å². The number of ether oxygens (including phenoxy) is 1. The van der Waals surface area contributed by atoms with Crippen LogP contribution in [0, 0.1) is 13.8 Å². The summed E-state index contributed by atoms with van der Waals surface area (Å²) in [4.78, 5) is 16.2. The summed E-state index contributed by atoms with van der Waals surface area (Å²) in [5.41, 5.74) is 0.767. The first-order chi connectivity index (χ1) is 6.15. The van der Waals surface area contributed by atoms with Gasteiger partial charge in [-0.2, -0.15) is 0 Å². The minimum atomic E-state index is -0.245. The summed E-state index contributed by atoms with van der Waals surface area (Å²) in [5.74, 6) is -0.245. The molecule has 0 aliphatic carbocycles. The number of carbonyl (C=O) groups is 1. The lowest BCUT2D eigenvalue weighted by atomic mass is 10.4. The van der Waals surface area contributed by atoms with E-state index >= 15 is 0 Å². The average Bonchev–Trinajstić information content (AvgIpc) is 2.41. The number of hydrogen-bond acceptors (Lipinski definition) is 4. The highest BCUT2D eigenvalue weighted by Crippen LogP contribution is 2.17. The Kier molecular flexibility index (Phi) is 3.42. The first kappa shape index (κ1) is 10.2. The number of rotatable bonds is 3. The molecule has 0 unspecified atom stereocenters. The Morgan fingerprint density at radius 2 is 2.23 bits per heavy atom. The molecule has 1 rings (SSSR count). The second-order valence-corrected chi connectivity index (χ2v) is 3.99. The maximum atomic E-state index is 11.4. The lowest BCUT2D eigenvalue weighted by Crippen LogP contribution is -2.05. The lowest BCUT2D eigenvalue weighted by Gasteiger charge is -1.99. The normalized spacial score (nSPS) is 10.1.